The summed E-state index contributed by atoms with van der Waals surface area (Å²) in [5.74, 6) is -4.55. The second kappa shape index (κ2) is 12.1. The summed E-state index contributed by atoms with van der Waals surface area (Å²) in [6.45, 7) is 7.56. The highest BCUT2D eigenvalue weighted by Gasteiger charge is 2.35. The molecule has 0 aliphatic heterocycles. The number of Topliss-reactive ketones (excluding diaryl/α,β-unsaturated/α-hetero) is 1. The van der Waals surface area contributed by atoms with E-state index in [9.17, 15) is 27.7 Å². The third kappa shape index (κ3) is 8.82. The Hall–Kier alpha value is -2.57. The average molecular weight is 542 g/mol. The normalized spacial score (nSPS) is 12.7. The van der Waals surface area contributed by atoms with Crippen molar-refractivity contribution in [1.29, 1.82) is 0 Å². The first-order valence-electron chi connectivity index (χ1n) is 11.4. The van der Waals surface area contributed by atoms with Crippen molar-refractivity contribution < 1.29 is 32.5 Å². The third-order valence-corrected chi connectivity index (χ3v) is 6.39. The predicted molar refractivity (Wildman–Crippen MR) is 136 cm³/mol. The molecule has 0 aliphatic rings. The van der Waals surface area contributed by atoms with Gasteiger partial charge in [0.1, 0.15) is 17.5 Å². The Morgan fingerprint density at radius 1 is 1.06 bits per heavy atom. The van der Waals surface area contributed by atoms with Gasteiger partial charge < -0.3 is 14.2 Å². The average Bonchev–Trinajstić information content (AvgIpc) is 2.74. The van der Waals surface area contributed by atoms with Gasteiger partial charge in [-0.2, -0.15) is 0 Å². The Bertz CT molecular complexity index is 1160. The summed E-state index contributed by atoms with van der Waals surface area (Å²) in [5.41, 5.74) is -0.960. The molecule has 0 spiro atoms. The molecule has 2 rings (SSSR count). The second-order valence-electron chi connectivity index (χ2n) is 9.95. The molecule has 0 radical (unpaired) electrons. The zero-order valence-corrected chi connectivity index (χ0v) is 22.7. The summed E-state index contributed by atoms with van der Waals surface area (Å²) in [7, 11) is -2.86. The minimum absolute atomic E-state index is 0.0628. The topological polar surface area (TPSA) is 80.8 Å². The molecule has 1 amide bonds. The van der Waals surface area contributed by atoms with Crippen molar-refractivity contribution >= 4 is 36.4 Å². The molecular weight excluding hydrogens is 511 g/mol. The molecule has 0 fully saturated rings. The molecule has 36 heavy (non-hydrogen) atoms. The summed E-state index contributed by atoms with van der Waals surface area (Å²) in [5, 5.41) is -0.415. The first-order valence-corrected chi connectivity index (χ1v) is 14.5. The van der Waals surface area contributed by atoms with E-state index in [0.717, 1.165) is 22.6 Å². The van der Waals surface area contributed by atoms with Crippen molar-refractivity contribution in [2.75, 3.05) is 26.0 Å². The van der Waals surface area contributed by atoms with E-state index in [1.165, 1.54) is 13.3 Å². The fraction of sp³-hybridized carbons (Fsp3) is 0.423. The number of carbonyl (C=O) groups is 3. The summed E-state index contributed by atoms with van der Waals surface area (Å²) in [6, 6.07) is 9.60. The van der Waals surface area contributed by atoms with Crippen LogP contribution in [0, 0.1) is 11.6 Å². The van der Waals surface area contributed by atoms with Crippen LogP contribution in [-0.2, 0) is 25.3 Å². The maximum absolute atomic E-state index is 14.4. The highest BCUT2D eigenvalue weighted by Crippen LogP contribution is 2.36. The Kier molecular flexibility index (Phi) is 9.98. The standard InChI is InChI=1S/C26H31ClF2NO5P/c1-26(2,3)35-25(33)20(15-17-9-7-6-8-10-17)30(22(32)16-36(4,5)34)14-13-21(31)23-19(28)12-11-18(27)24(23)29/h6-12,20H,13-16H2,1-5H3. The quantitative estimate of drug-likeness (QED) is 0.169. The Morgan fingerprint density at radius 2 is 1.67 bits per heavy atom. The zero-order valence-electron chi connectivity index (χ0n) is 21.0. The van der Waals surface area contributed by atoms with Crippen LogP contribution in [-0.4, -0.2) is 60.2 Å². The first kappa shape index (κ1) is 29.7. The number of hydrogen-bond donors (Lipinski definition) is 0. The lowest BCUT2D eigenvalue weighted by Crippen LogP contribution is -2.50. The zero-order chi connectivity index (χ0) is 27.3. The Morgan fingerprint density at radius 3 is 2.22 bits per heavy atom. The van der Waals surface area contributed by atoms with E-state index >= 15 is 0 Å². The highest BCUT2D eigenvalue weighted by atomic mass is 35.5. The Balaban J connectivity index is 2.45. The van der Waals surface area contributed by atoms with E-state index in [1.54, 1.807) is 51.1 Å². The molecule has 0 heterocycles. The van der Waals surface area contributed by atoms with Crippen molar-refractivity contribution in [3.05, 3.63) is 70.2 Å². The highest BCUT2D eigenvalue weighted by molar-refractivity contribution is 7.63. The molecular formula is C26H31ClF2NO5P. The summed E-state index contributed by atoms with van der Waals surface area (Å²) < 4.78 is 46.6. The molecule has 1 unspecified atom stereocenters. The van der Waals surface area contributed by atoms with E-state index in [2.05, 4.69) is 0 Å². The van der Waals surface area contributed by atoms with Gasteiger partial charge in [0.15, 0.2) is 11.6 Å². The van der Waals surface area contributed by atoms with E-state index in [0.29, 0.717) is 0 Å². The van der Waals surface area contributed by atoms with Crippen molar-refractivity contribution in [2.45, 2.75) is 45.3 Å². The maximum atomic E-state index is 14.4. The van der Waals surface area contributed by atoms with Crippen LogP contribution in [0.25, 0.3) is 0 Å². The van der Waals surface area contributed by atoms with Gasteiger partial charge in [0.25, 0.3) is 0 Å². The molecule has 0 saturated heterocycles. The van der Waals surface area contributed by atoms with Gasteiger partial charge in [0.2, 0.25) is 5.91 Å². The van der Waals surface area contributed by atoms with Gasteiger partial charge in [-0.1, -0.05) is 41.9 Å². The van der Waals surface area contributed by atoms with Crippen LogP contribution in [0.2, 0.25) is 5.02 Å². The molecule has 2 aromatic carbocycles. The minimum Gasteiger partial charge on any atom is -0.458 e. The fourth-order valence-electron chi connectivity index (χ4n) is 3.53. The second-order valence-corrected chi connectivity index (χ2v) is 13.8. The van der Waals surface area contributed by atoms with Crippen molar-refractivity contribution in [1.82, 2.24) is 4.90 Å². The number of benzene rings is 2. The SMILES string of the molecule is CC(C)(C)OC(=O)C(Cc1ccccc1)N(CCC(=O)c1c(F)ccc(Cl)c1F)C(=O)CP(C)(C)=O. The number of ketones is 1. The number of amides is 1. The number of hydrogen-bond acceptors (Lipinski definition) is 5. The van der Waals surface area contributed by atoms with Crippen molar-refractivity contribution in [3.63, 3.8) is 0 Å². The first-order chi connectivity index (χ1) is 16.6. The maximum Gasteiger partial charge on any atom is 0.329 e. The molecule has 0 aromatic heterocycles. The van der Waals surface area contributed by atoms with E-state index < -0.39 is 65.1 Å². The van der Waals surface area contributed by atoms with Crippen LogP contribution >= 0.6 is 18.7 Å². The van der Waals surface area contributed by atoms with Gasteiger partial charge in [-0.3, -0.25) is 9.59 Å². The molecule has 2 aromatic rings. The molecule has 0 bridgehead atoms. The third-order valence-electron chi connectivity index (χ3n) is 5.07. The molecule has 10 heteroatoms. The van der Waals surface area contributed by atoms with Crippen molar-refractivity contribution in [2.24, 2.45) is 0 Å². The molecule has 0 N–H and O–H groups in total. The van der Waals surface area contributed by atoms with Gasteiger partial charge >= 0.3 is 5.97 Å². The van der Waals surface area contributed by atoms with Gasteiger partial charge in [0, 0.05) is 19.4 Å². The molecule has 6 nitrogen and oxygen atoms in total. The van der Waals surface area contributed by atoms with Gasteiger partial charge in [-0.25, -0.2) is 13.6 Å². The number of rotatable bonds is 10. The Labute approximate surface area is 215 Å². The number of ether oxygens (including phenoxy) is 1. The molecule has 196 valence electrons. The monoisotopic (exact) mass is 541 g/mol. The van der Waals surface area contributed by atoms with E-state index in [-0.39, 0.29) is 19.1 Å². The van der Waals surface area contributed by atoms with E-state index in [1.807, 2.05) is 0 Å². The van der Waals surface area contributed by atoms with Crippen LogP contribution in [0.3, 0.4) is 0 Å². The van der Waals surface area contributed by atoms with Crippen molar-refractivity contribution in [3.8, 4) is 0 Å². The summed E-state index contributed by atoms with van der Waals surface area (Å²) >= 11 is 5.71. The molecule has 0 saturated carbocycles. The number of carbonyl (C=O) groups excluding carboxylic acids is 3. The van der Waals surface area contributed by atoms with Gasteiger partial charge in [-0.15, -0.1) is 0 Å². The molecule has 0 aliphatic carbocycles. The van der Waals surface area contributed by atoms with Crippen LogP contribution < -0.4 is 0 Å². The number of nitrogens with zero attached hydrogens (tertiary/aromatic N) is 1. The lowest BCUT2D eigenvalue weighted by Gasteiger charge is -2.33. The predicted octanol–water partition coefficient (Wildman–Crippen LogP) is 5.60. The largest absolute Gasteiger partial charge is 0.458 e. The van der Waals surface area contributed by atoms with Crippen LogP contribution in [0.5, 0.6) is 0 Å². The van der Waals surface area contributed by atoms with Crippen LogP contribution in [0.15, 0.2) is 42.5 Å². The number of esters is 1. The number of halogens is 3. The lowest BCUT2D eigenvalue weighted by molar-refractivity contribution is -0.164. The molecule has 1 atom stereocenters. The fourth-order valence-corrected chi connectivity index (χ4v) is 4.52. The van der Waals surface area contributed by atoms with Crippen LogP contribution in [0.4, 0.5) is 8.78 Å². The van der Waals surface area contributed by atoms with Gasteiger partial charge in [0.05, 0.1) is 23.9 Å². The summed E-state index contributed by atoms with van der Waals surface area (Å²) in [6.07, 6.45) is -0.784. The lowest BCUT2D eigenvalue weighted by atomic mass is 10.0. The van der Waals surface area contributed by atoms with Gasteiger partial charge in [-0.05, 0) is 51.8 Å². The van der Waals surface area contributed by atoms with E-state index in [4.69, 9.17) is 16.3 Å². The van der Waals surface area contributed by atoms with Crippen LogP contribution in [0.1, 0.15) is 43.1 Å². The minimum atomic E-state index is -2.86. The summed E-state index contributed by atoms with van der Waals surface area (Å²) in [4.78, 5) is 40.4. The smallest absolute Gasteiger partial charge is 0.329 e.